The lowest BCUT2D eigenvalue weighted by atomic mass is 9.98. The molecule has 3 nitrogen and oxygen atoms in total. The van der Waals surface area contributed by atoms with Crippen LogP contribution >= 0.6 is 0 Å². The van der Waals surface area contributed by atoms with Crippen molar-refractivity contribution in [1.82, 2.24) is 4.90 Å². The fraction of sp³-hybridized carbons (Fsp3) is 0.400. The molecule has 1 aliphatic rings. The minimum Gasteiger partial charge on any atom is -0.507 e. The Kier molecular flexibility index (Phi) is 4.42. The Bertz CT molecular complexity index is 669. The number of para-hydroxylation sites is 1. The summed E-state index contributed by atoms with van der Waals surface area (Å²) in [5, 5.41) is 10.7. The third-order valence-corrected chi connectivity index (χ3v) is 4.84. The van der Waals surface area contributed by atoms with Gasteiger partial charge in [-0.2, -0.15) is 0 Å². The molecule has 3 heteroatoms. The van der Waals surface area contributed by atoms with E-state index in [1.165, 1.54) is 5.56 Å². The van der Waals surface area contributed by atoms with E-state index in [2.05, 4.69) is 44.9 Å². The van der Waals surface area contributed by atoms with Gasteiger partial charge in [-0.1, -0.05) is 62.4 Å². The highest BCUT2D eigenvalue weighted by Crippen LogP contribution is 2.44. The maximum absolute atomic E-state index is 10.7. The molecule has 1 aliphatic heterocycles. The molecule has 3 atom stereocenters. The number of likely N-dealkylation sites (N-methyl/N-ethyl adjacent to an activating group) is 1. The summed E-state index contributed by atoms with van der Waals surface area (Å²) < 4.78 is 6.34. The van der Waals surface area contributed by atoms with Crippen LogP contribution in [0.4, 0.5) is 0 Å². The molecule has 2 aromatic rings. The molecule has 0 aliphatic carbocycles. The van der Waals surface area contributed by atoms with E-state index in [1.807, 2.05) is 36.4 Å². The number of hydrogen-bond acceptors (Lipinski definition) is 3. The minimum atomic E-state index is -0.228. The SMILES string of the molecule is CC(C)c1cccc([C@@H]2O[C@@H](c3ccccc3)[C@H](C)N2C)c1O. The van der Waals surface area contributed by atoms with E-state index in [-0.39, 0.29) is 24.3 Å². The summed E-state index contributed by atoms with van der Waals surface area (Å²) >= 11 is 0. The zero-order chi connectivity index (χ0) is 16.6. The fourth-order valence-corrected chi connectivity index (χ4v) is 3.31. The molecule has 0 saturated carbocycles. The summed E-state index contributed by atoms with van der Waals surface area (Å²) in [6.45, 7) is 6.35. The quantitative estimate of drug-likeness (QED) is 0.898. The molecule has 1 saturated heterocycles. The van der Waals surface area contributed by atoms with Crippen molar-refractivity contribution in [1.29, 1.82) is 0 Å². The number of ether oxygens (including phenoxy) is 1. The Labute approximate surface area is 138 Å². The van der Waals surface area contributed by atoms with Gasteiger partial charge in [-0.05, 0) is 31.0 Å². The van der Waals surface area contributed by atoms with Crippen LogP contribution in [0, 0.1) is 0 Å². The van der Waals surface area contributed by atoms with Crippen molar-refractivity contribution in [3.63, 3.8) is 0 Å². The molecule has 0 amide bonds. The molecule has 1 N–H and O–H groups in total. The Morgan fingerprint density at radius 1 is 1.04 bits per heavy atom. The number of phenolic OH excluding ortho intramolecular Hbond substituents is 1. The van der Waals surface area contributed by atoms with E-state index in [1.54, 1.807) is 0 Å². The summed E-state index contributed by atoms with van der Waals surface area (Å²) in [6, 6.07) is 16.5. The van der Waals surface area contributed by atoms with Gasteiger partial charge in [-0.25, -0.2) is 0 Å². The number of aromatic hydroxyl groups is 1. The molecule has 2 aromatic carbocycles. The van der Waals surface area contributed by atoms with Crippen molar-refractivity contribution in [3.05, 3.63) is 65.2 Å². The van der Waals surface area contributed by atoms with E-state index in [0.717, 1.165) is 11.1 Å². The van der Waals surface area contributed by atoms with E-state index < -0.39 is 0 Å². The molecule has 23 heavy (non-hydrogen) atoms. The van der Waals surface area contributed by atoms with Crippen LogP contribution in [0.15, 0.2) is 48.5 Å². The van der Waals surface area contributed by atoms with Crippen LogP contribution in [0.2, 0.25) is 0 Å². The normalized spacial score (nSPS) is 25.2. The summed E-state index contributed by atoms with van der Waals surface area (Å²) in [6.07, 6.45) is -0.220. The highest BCUT2D eigenvalue weighted by atomic mass is 16.5. The first-order valence-corrected chi connectivity index (χ1v) is 8.24. The minimum absolute atomic E-state index is 0.00769. The lowest BCUT2D eigenvalue weighted by Gasteiger charge is -2.23. The summed E-state index contributed by atoms with van der Waals surface area (Å²) in [4.78, 5) is 2.19. The van der Waals surface area contributed by atoms with Crippen LogP contribution in [0.25, 0.3) is 0 Å². The third kappa shape index (κ3) is 2.87. The predicted molar refractivity (Wildman–Crippen MR) is 92.4 cm³/mol. The lowest BCUT2D eigenvalue weighted by Crippen LogP contribution is -2.27. The van der Waals surface area contributed by atoms with Gasteiger partial charge in [-0.3, -0.25) is 4.90 Å². The van der Waals surface area contributed by atoms with Crippen LogP contribution < -0.4 is 0 Å². The first kappa shape index (κ1) is 16.0. The number of hydrogen-bond donors (Lipinski definition) is 1. The zero-order valence-corrected chi connectivity index (χ0v) is 14.2. The van der Waals surface area contributed by atoms with Gasteiger partial charge in [0.2, 0.25) is 0 Å². The molecular weight excluding hydrogens is 286 g/mol. The van der Waals surface area contributed by atoms with Crippen LogP contribution in [-0.2, 0) is 4.74 Å². The van der Waals surface area contributed by atoms with Crippen molar-refractivity contribution < 1.29 is 9.84 Å². The molecule has 1 fully saturated rings. The van der Waals surface area contributed by atoms with Gasteiger partial charge in [0.1, 0.15) is 18.1 Å². The number of nitrogens with zero attached hydrogens (tertiary/aromatic N) is 1. The Morgan fingerprint density at radius 2 is 1.74 bits per heavy atom. The third-order valence-electron chi connectivity index (χ3n) is 4.84. The van der Waals surface area contributed by atoms with Gasteiger partial charge in [0.25, 0.3) is 0 Å². The van der Waals surface area contributed by atoms with Crippen molar-refractivity contribution in [2.24, 2.45) is 0 Å². The maximum Gasteiger partial charge on any atom is 0.141 e. The van der Waals surface area contributed by atoms with E-state index >= 15 is 0 Å². The smallest absolute Gasteiger partial charge is 0.141 e. The molecular formula is C20H25NO2. The molecule has 0 radical (unpaired) electrons. The van der Waals surface area contributed by atoms with Crippen molar-refractivity contribution in [2.75, 3.05) is 7.05 Å². The fourth-order valence-electron chi connectivity index (χ4n) is 3.31. The van der Waals surface area contributed by atoms with Gasteiger partial charge >= 0.3 is 0 Å². The van der Waals surface area contributed by atoms with Crippen LogP contribution in [0.1, 0.15) is 55.7 Å². The number of phenols is 1. The average Bonchev–Trinajstić information content (AvgIpc) is 2.84. The number of rotatable bonds is 3. The molecule has 1 heterocycles. The first-order valence-electron chi connectivity index (χ1n) is 8.24. The van der Waals surface area contributed by atoms with E-state index in [0.29, 0.717) is 5.75 Å². The molecule has 3 rings (SSSR count). The van der Waals surface area contributed by atoms with Gasteiger partial charge in [0.15, 0.2) is 0 Å². The summed E-state index contributed by atoms with van der Waals surface area (Å²) in [5.74, 6) is 0.643. The van der Waals surface area contributed by atoms with Gasteiger partial charge in [-0.15, -0.1) is 0 Å². The predicted octanol–water partition coefficient (Wildman–Crippen LogP) is 4.61. The second kappa shape index (κ2) is 6.34. The Hall–Kier alpha value is -1.84. The highest BCUT2D eigenvalue weighted by Gasteiger charge is 2.40. The molecule has 122 valence electrons. The molecule has 0 unspecified atom stereocenters. The van der Waals surface area contributed by atoms with Crippen molar-refractivity contribution >= 4 is 0 Å². The first-order chi connectivity index (χ1) is 11.0. The van der Waals surface area contributed by atoms with Crippen LogP contribution in [-0.4, -0.2) is 23.1 Å². The van der Waals surface area contributed by atoms with E-state index in [4.69, 9.17) is 4.74 Å². The monoisotopic (exact) mass is 311 g/mol. The Balaban J connectivity index is 1.94. The zero-order valence-electron chi connectivity index (χ0n) is 14.2. The average molecular weight is 311 g/mol. The maximum atomic E-state index is 10.7. The van der Waals surface area contributed by atoms with E-state index in [9.17, 15) is 5.11 Å². The topological polar surface area (TPSA) is 32.7 Å². The highest BCUT2D eigenvalue weighted by molar-refractivity contribution is 5.43. The van der Waals surface area contributed by atoms with Crippen molar-refractivity contribution in [2.45, 2.75) is 45.1 Å². The van der Waals surface area contributed by atoms with Gasteiger partial charge in [0, 0.05) is 11.6 Å². The molecule has 0 bridgehead atoms. The van der Waals surface area contributed by atoms with Crippen LogP contribution in [0.3, 0.4) is 0 Å². The van der Waals surface area contributed by atoms with Gasteiger partial charge < -0.3 is 9.84 Å². The second-order valence-corrected chi connectivity index (χ2v) is 6.67. The van der Waals surface area contributed by atoms with Crippen molar-refractivity contribution in [3.8, 4) is 5.75 Å². The second-order valence-electron chi connectivity index (χ2n) is 6.67. The summed E-state index contributed by atoms with van der Waals surface area (Å²) in [7, 11) is 2.06. The lowest BCUT2D eigenvalue weighted by molar-refractivity contribution is 0.00409. The molecule has 0 aromatic heterocycles. The largest absolute Gasteiger partial charge is 0.507 e. The summed E-state index contributed by atoms with van der Waals surface area (Å²) in [5.41, 5.74) is 2.99. The standard InChI is InChI=1S/C20H25NO2/c1-13(2)16-11-8-12-17(18(16)22)20-21(4)14(3)19(23-20)15-9-6-5-7-10-15/h5-14,19-20,22H,1-4H3/t14-,19+,20-/m0/s1. The van der Waals surface area contributed by atoms with Gasteiger partial charge in [0.05, 0.1) is 0 Å². The number of benzene rings is 2. The molecule has 0 spiro atoms. The van der Waals surface area contributed by atoms with Crippen LogP contribution in [0.5, 0.6) is 5.75 Å². The Morgan fingerprint density at radius 3 is 2.39 bits per heavy atom.